The minimum Gasteiger partial charge on any atom is -0.497 e. The number of hydrogen-bond acceptors (Lipinski definition) is 6. The van der Waals surface area contributed by atoms with Crippen molar-refractivity contribution < 1.29 is 27.5 Å². The number of hydrogen-bond donors (Lipinski definition) is 1. The molecule has 34 heavy (non-hydrogen) atoms. The predicted octanol–water partition coefficient (Wildman–Crippen LogP) is 2.79. The molecule has 0 spiro atoms. The van der Waals surface area contributed by atoms with E-state index in [0.29, 0.717) is 36.4 Å². The summed E-state index contributed by atoms with van der Waals surface area (Å²) in [5.41, 5.74) is 2.01. The molecule has 182 valence electrons. The van der Waals surface area contributed by atoms with Gasteiger partial charge in [-0.3, -0.25) is 9.59 Å². The Balaban J connectivity index is 1.58. The first-order chi connectivity index (χ1) is 16.1. The maximum absolute atomic E-state index is 13.5. The van der Waals surface area contributed by atoms with Crippen LogP contribution >= 0.6 is 0 Å². The fourth-order valence-corrected chi connectivity index (χ4v) is 6.49. The summed E-state index contributed by atoms with van der Waals surface area (Å²) >= 11 is 0. The van der Waals surface area contributed by atoms with Gasteiger partial charge >= 0.3 is 0 Å². The van der Waals surface area contributed by atoms with Crippen LogP contribution in [0.15, 0.2) is 41.3 Å². The molecule has 2 aliphatic rings. The molecule has 0 aliphatic carbocycles. The van der Waals surface area contributed by atoms with E-state index in [-0.39, 0.29) is 23.4 Å². The number of anilines is 2. The van der Waals surface area contributed by atoms with E-state index in [1.54, 1.807) is 35.2 Å². The fourth-order valence-electron chi connectivity index (χ4n) is 4.78. The Hall–Kier alpha value is -3.11. The van der Waals surface area contributed by atoms with Gasteiger partial charge in [0.1, 0.15) is 17.5 Å². The highest BCUT2D eigenvalue weighted by Crippen LogP contribution is 2.36. The van der Waals surface area contributed by atoms with Crippen LogP contribution in [0.1, 0.15) is 32.3 Å². The summed E-state index contributed by atoms with van der Waals surface area (Å²) in [5.74, 6) is 0.538. The third-order valence-electron chi connectivity index (χ3n) is 6.34. The van der Waals surface area contributed by atoms with Crippen LogP contribution in [0, 0.1) is 0 Å². The molecule has 1 fully saturated rings. The Morgan fingerprint density at radius 3 is 2.35 bits per heavy atom. The minimum atomic E-state index is -3.91. The van der Waals surface area contributed by atoms with E-state index in [9.17, 15) is 18.0 Å². The number of carbonyl (C=O) groups is 2. The van der Waals surface area contributed by atoms with Crippen LogP contribution in [0.2, 0.25) is 0 Å². The molecule has 1 N–H and O–H groups in total. The van der Waals surface area contributed by atoms with Crippen LogP contribution in [0.5, 0.6) is 11.5 Å². The van der Waals surface area contributed by atoms with Gasteiger partial charge in [0.15, 0.2) is 0 Å². The number of amides is 2. The van der Waals surface area contributed by atoms with Gasteiger partial charge in [0, 0.05) is 49.1 Å². The SMILES string of the molecule is COc1cc(NC(=O)[C@H]2CCCN2S(=O)(=O)c2ccc3c(c2)C[C@H](C)N3C(C)=O)cc(OC)c1. The van der Waals surface area contributed by atoms with Gasteiger partial charge in [-0.15, -0.1) is 0 Å². The van der Waals surface area contributed by atoms with Gasteiger partial charge in [-0.1, -0.05) is 0 Å². The summed E-state index contributed by atoms with van der Waals surface area (Å²) in [6.45, 7) is 3.69. The molecule has 2 aliphatic heterocycles. The smallest absolute Gasteiger partial charge is 0.243 e. The summed E-state index contributed by atoms with van der Waals surface area (Å²) in [4.78, 5) is 26.9. The van der Waals surface area contributed by atoms with Crippen LogP contribution < -0.4 is 19.7 Å². The van der Waals surface area contributed by atoms with Crippen LogP contribution in [0.4, 0.5) is 11.4 Å². The topological polar surface area (TPSA) is 105 Å². The second-order valence-electron chi connectivity index (χ2n) is 8.60. The Kier molecular flexibility index (Phi) is 6.55. The molecule has 1 saturated heterocycles. The van der Waals surface area contributed by atoms with Crippen molar-refractivity contribution in [1.82, 2.24) is 4.31 Å². The van der Waals surface area contributed by atoms with E-state index in [1.165, 1.54) is 31.5 Å². The van der Waals surface area contributed by atoms with Crippen LogP contribution in [0.25, 0.3) is 0 Å². The first kappa shape index (κ1) is 24.0. The summed E-state index contributed by atoms with van der Waals surface area (Å²) in [6.07, 6.45) is 1.59. The summed E-state index contributed by atoms with van der Waals surface area (Å²) in [5, 5.41) is 2.80. The normalized spacial score (nSPS) is 20.2. The average molecular weight is 488 g/mol. The minimum absolute atomic E-state index is 0.0318. The van der Waals surface area contributed by atoms with Gasteiger partial charge < -0.3 is 19.7 Å². The molecule has 0 aromatic heterocycles. The Morgan fingerprint density at radius 1 is 1.06 bits per heavy atom. The van der Waals surface area contributed by atoms with Crippen molar-refractivity contribution >= 4 is 33.2 Å². The van der Waals surface area contributed by atoms with Crippen LogP contribution in [-0.4, -0.2) is 57.4 Å². The lowest BCUT2D eigenvalue weighted by molar-refractivity contribution is -0.119. The van der Waals surface area contributed by atoms with E-state index in [0.717, 1.165) is 11.3 Å². The summed E-state index contributed by atoms with van der Waals surface area (Å²) < 4.78 is 38.8. The van der Waals surface area contributed by atoms with Crippen molar-refractivity contribution in [2.75, 3.05) is 31.0 Å². The number of nitrogens with one attached hydrogen (secondary N) is 1. The number of nitrogens with zero attached hydrogens (tertiary/aromatic N) is 2. The first-order valence-electron chi connectivity index (χ1n) is 11.1. The molecule has 9 nitrogen and oxygen atoms in total. The largest absolute Gasteiger partial charge is 0.497 e. The number of benzene rings is 2. The number of fused-ring (bicyclic) bond motifs is 1. The van der Waals surface area contributed by atoms with Gasteiger partial charge in [0.25, 0.3) is 0 Å². The fraction of sp³-hybridized carbons (Fsp3) is 0.417. The zero-order valence-corrected chi connectivity index (χ0v) is 20.5. The van der Waals surface area contributed by atoms with Crippen molar-refractivity contribution in [3.05, 3.63) is 42.0 Å². The highest BCUT2D eigenvalue weighted by molar-refractivity contribution is 7.89. The molecule has 0 unspecified atom stereocenters. The van der Waals surface area contributed by atoms with E-state index >= 15 is 0 Å². The molecule has 0 bridgehead atoms. The van der Waals surface area contributed by atoms with Crippen molar-refractivity contribution in [2.24, 2.45) is 0 Å². The molecule has 2 aromatic rings. The average Bonchev–Trinajstić information content (AvgIpc) is 3.42. The Labute approximate surface area is 199 Å². The number of methoxy groups -OCH3 is 2. The maximum atomic E-state index is 13.5. The van der Waals surface area contributed by atoms with Crippen molar-refractivity contribution in [1.29, 1.82) is 0 Å². The summed E-state index contributed by atoms with van der Waals surface area (Å²) in [7, 11) is -0.883. The molecule has 0 radical (unpaired) electrons. The zero-order valence-electron chi connectivity index (χ0n) is 19.7. The number of rotatable bonds is 6. The van der Waals surface area contributed by atoms with Crippen LogP contribution in [-0.2, 0) is 26.0 Å². The van der Waals surface area contributed by atoms with Crippen molar-refractivity contribution in [2.45, 2.75) is 50.1 Å². The van der Waals surface area contributed by atoms with Gasteiger partial charge in [0.05, 0.1) is 19.1 Å². The molecule has 0 saturated carbocycles. The number of carbonyl (C=O) groups excluding carboxylic acids is 2. The lowest BCUT2D eigenvalue weighted by atomic mass is 10.1. The standard InChI is InChI=1S/C24H29N3O6S/c1-15-10-17-11-21(7-8-22(17)27(15)16(2)28)34(30,31)26-9-5-6-23(26)24(29)25-18-12-19(32-3)14-20(13-18)33-4/h7-8,11-15,23H,5-6,9-10H2,1-4H3,(H,25,29)/t15-,23+/m0/s1. The molecule has 2 aromatic carbocycles. The monoisotopic (exact) mass is 487 g/mol. The van der Waals surface area contributed by atoms with Gasteiger partial charge in [-0.05, 0) is 49.9 Å². The highest BCUT2D eigenvalue weighted by Gasteiger charge is 2.40. The van der Waals surface area contributed by atoms with Crippen molar-refractivity contribution in [3.8, 4) is 11.5 Å². The quantitative estimate of drug-likeness (QED) is 0.672. The lowest BCUT2D eigenvalue weighted by Gasteiger charge is -2.24. The Morgan fingerprint density at radius 2 is 1.74 bits per heavy atom. The maximum Gasteiger partial charge on any atom is 0.243 e. The van der Waals surface area contributed by atoms with E-state index < -0.39 is 22.0 Å². The molecule has 4 rings (SSSR count). The number of sulfonamides is 1. The molecule has 2 amide bonds. The molecule has 2 heterocycles. The molecule has 2 atom stereocenters. The zero-order chi connectivity index (χ0) is 24.6. The second kappa shape index (κ2) is 9.27. The van der Waals surface area contributed by atoms with Crippen molar-refractivity contribution in [3.63, 3.8) is 0 Å². The highest BCUT2D eigenvalue weighted by atomic mass is 32.2. The lowest BCUT2D eigenvalue weighted by Crippen LogP contribution is -2.43. The van der Waals surface area contributed by atoms with E-state index in [2.05, 4.69) is 5.32 Å². The predicted molar refractivity (Wildman–Crippen MR) is 128 cm³/mol. The summed E-state index contributed by atoms with van der Waals surface area (Å²) in [6, 6.07) is 8.95. The van der Waals surface area contributed by atoms with Crippen LogP contribution in [0.3, 0.4) is 0 Å². The van der Waals surface area contributed by atoms with Gasteiger partial charge in [0.2, 0.25) is 21.8 Å². The molecule has 10 heteroatoms. The van der Waals surface area contributed by atoms with E-state index in [4.69, 9.17) is 9.47 Å². The number of ether oxygens (including phenoxy) is 2. The molecular weight excluding hydrogens is 458 g/mol. The van der Waals surface area contributed by atoms with Gasteiger partial charge in [-0.2, -0.15) is 4.31 Å². The third-order valence-corrected chi connectivity index (χ3v) is 8.24. The molecular formula is C24H29N3O6S. The third kappa shape index (κ3) is 4.35. The Bertz CT molecular complexity index is 1210. The second-order valence-corrected chi connectivity index (χ2v) is 10.5. The first-order valence-corrected chi connectivity index (χ1v) is 12.6. The van der Waals surface area contributed by atoms with E-state index in [1.807, 2.05) is 6.92 Å². The van der Waals surface area contributed by atoms with Gasteiger partial charge in [-0.25, -0.2) is 8.42 Å².